The van der Waals surface area contributed by atoms with E-state index in [1.165, 1.54) is 44.7 Å². The fraction of sp³-hybridized carbons (Fsp3) is 0.706. The number of aromatic nitrogens is 1. The van der Waals surface area contributed by atoms with Crippen LogP contribution in [0.2, 0.25) is 0 Å². The molecule has 3 aliphatic heterocycles. The second kappa shape index (κ2) is 6.03. The van der Waals surface area contributed by atoms with Crippen LogP contribution < -0.4 is 0 Å². The van der Waals surface area contributed by atoms with E-state index in [0.717, 1.165) is 37.6 Å². The van der Waals surface area contributed by atoms with E-state index in [1.807, 2.05) is 12.3 Å². The number of rotatable bonds is 3. The van der Waals surface area contributed by atoms with Crippen molar-refractivity contribution in [1.29, 1.82) is 0 Å². The van der Waals surface area contributed by atoms with E-state index in [4.69, 9.17) is 4.74 Å². The molecule has 4 nitrogen and oxygen atoms in total. The average Bonchev–Trinajstić information content (AvgIpc) is 3.07. The van der Waals surface area contributed by atoms with E-state index in [-0.39, 0.29) is 0 Å². The summed E-state index contributed by atoms with van der Waals surface area (Å²) in [5.41, 5.74) is 1.21. The molecule has 0 aromatic carbocycles. The maximum atomic E-state index is 5.49. The van der Waals surface area contributed by atoms with Crippen molar-refractivity contribution in [2.75, 3.05) is 39.4 Å². The molecule has 4 heterocycles. The molecule has 3 aliphatic rings. The first-order valence-electron chi connectivity index (χ1n) is 8.32. The second-order valence-corrected chi connectivity index (χ2v) is 6.83. The van der Waals surface area contributed by atoms with Gasteiger partial charge in [0.05, 0.1) is 5.69 Å². The molecule has 0 unspecified atom stereocenters. The summed E-state index contributed by atoms with van der Waals surface area (Å²) in [7, 11) is 0. The highest BCUT2D eigenvalue weighted by molar-refractivity contribution is 5.05. The Hall–Kier alpha value is -0.970. The monoisotopic (exact) mass is 287 g/mol. The third-order valence-corrected chi connectivity index (χ3v) is 5.41. The normalized spacial score (nSPS) is 31.6. The Morgan fingerprint density at radius 3 is 2.48 bits per heavy atom. The molecule has 0 N–H and O–H groups in total. The molecule has 0 spiro atoms. The van der Waals surface area contributed by atoms with Gasteiger partial charge in [0, 0.05) is 58.2 Å². The summed E-state index contributed by atoms with van der Waals surface area (Å²) in [6, 6.07) is 7.01. The summed E-state index contributed by atoms with van der Waals surface area (Å²) in [6.07, 6.45) is 4.37. The van der Waals surface area contributed by atoms with Gasteiger partial charge in [-0.2, -0.15) is 0 Å². The van der Waals surface area contributed by atoms with Crippen molar-refractivity contribution < 1.29 is 4.74 Å². The van der Waals surface area contributed by atoms with Crippen molar-refractivity contribution >= 4 is 0 Å². The highest BCUT2D eigenvalue weighted by atomic mass is 16.5. The van der Waals surface area contributed by atoms with Crippen LogP contribution in [0.5, 0.6) is 0 Å². The van der Waals surface area contributed by atoms with Gasteiger partial charge in [-0.05, 0) is 36.8 Å². The fourth-order valence-electron chi connectivity index (χ4n) is 4.32. The summed E-state index contributed by atoms with van der Waals surface area (Å²) < 4.78 is 5.49. The highest BCUT2D eigenvalue weighted by Crippen LogP contribution is 2.34. The Bertz CT molecular complexity index is 446. The minimum absolute atomic E-state index is 0.786. The Morgan fingerprint density at radius 2 is 1.81 bits per heavy atom. The molecule has 1 aromatic heterocycles. The lowest BCUT2D eigenvalue weighted by atomic mass is 10.0. The van der Waals surface area contributed by atoms with E-state index in [9.17, 15) is 0 Å². The maximum Gasteiger partial charge on any atom is 0.0543 e. The van der Waals surface area contributed by atoms with E-state index in [0.29, 0.717) is 0 Å². The van der Waals surface area contributed by atoms with Crippen LogP contribution in [0.1, 0.15) is 18.5 Å². The van der Waals surface area contributed by atoms with Gasteiger partial charge < -0.3 is 4.74 Å². The number of nitrogens with zero attached hydrogens (tertiary/aromatic N) is 3. The van der Waals surface area contributed by atoms with Crippen LogP contribution in [-0.4, -0.2) is 60.2 Å². The van der Waals surface area contributed by atoms with Gasteiger partial charge in [-0.3, -0.25) is 14.8 Å². The molecule has 4 heteroatoms. The lowest BCUT2D eigenvalue weighted by molar-refractivity contribution is 0.0384. The molecular formula is C17H25N3O. The van der Waals surface area contributed by atoms with Crippen LogP contribution >= 0.6 is 0 Å². The summed E-state index contributed by atoms with van der Waals surface area (Å²) in [4.78, 5) is 9.80. The first-order valence-corrected chi connectivity index (χ1v) is 8.32. The van der Waals surface area contributed by atoms with Gasteiger partial charge in [-0.1, -0.05) is 6.07 Å². The predicted molar refractivity (Wildman–Crippen MR) is 81.9 cm³/mol. The Labute approximate surface area is 127 Å². The Balaban J connectivity index is 1.31. The lowest BCUT2D eigenvalue weighted by Crippen LogP contribution is -2.39. The van der Waals surface area contributed by atoms with Crippen molar-refractivity contribution in [1.82, 2.24) is 14.8 Å². The summed E-state index contributed by atoms with van der Waals surface area (Å²) >= 11 is 0. The average molecular weight is 287 g/mol. The SMILES string of the molecule is c1ccc(CN2C[C@@H]3CN(C4CCOCC4)C[C@@H]3C2)nc1. The van der Waals surface area contributed by atoms with E-state index in [2.05, 4.69) is 26.9 Å². The third-order valence-electron chi connectivity index (χ3n) is 5.41. The first kappa shape index (κ1) is 13.7. The quantitative estimate of drug-likeness (QED) is 0.845. The van der Waals surface area contributed by atoms with Crippen LogP contribution in [-0.2, 0) is 11.3 Å². The summed E-state index contributed by atoms with van der Waals surface area (Å²) in [6.45, 7) is 8.04. The number of ether oxygens (including phenoxy) is 1. The van der Waals surface area contributed by atoms with Crippen molar-refractivity contribution in [3.8, 4) is 0 Å². The topological polar surface area (TPSA) is 28.6 Å². The van der Waals surface area contributed by atoms with Gasteiger partial charge in [-0.15, -0.1) is 0 Å². The van der Waals surface area contributed by atoms with Crippen molar-refractivity contribution in [2.45, 2.75) is 25.4 Å². The van der Waals surface area contributed by atoms with Crippen LogP contribution in [0.15, 0.2) is 24.4 Å². The first-order chi connectivity index (χ1) is 10.4. The van der Waals surface area contributed by atoms with Crippen molar-refractivity contribution in [3.05, 3.63) is 30.1 Å². The maximum absolute atomic E-state index is 5.49. The Kier molecular flexibility index (Phi) is 3.93. The molecule has 3 saturated heterocycles. The second-order valence-electron chi connectivity index (χ2n) is 6.83. The van der Waals surface area contributed by atoms with E-state index in [1.54, 1.807) is 0 Å². The van der Waals surface area contributed by atoms with Gasteiger partial charge in [-0.25, -0.2) is 0 Å². The molecular weight excluding hydrogens is 262 g/mol. The molecule has 0 amide bonds. The van der Waals surface area contributed by atoms with Gasteiger partial charge >= 0.3 is 0 Å². The third kappa shape index (κ3) is 2.98. The van der Waals surface area contributed by atoms with Crippen LogP contribution in [0.4, 0.5) is 0 Å². The van der Waals surface area contributed by atoms with Crippen molar-refractivity contribution in [2.24, 2.45) is 11.8 Å². The van der Waals surface area contributed by atoms with Gasteiger partial charge in [0.15, 0.2) is 0 Å². The highest BCUT2D eigenvalue weighted by Gasteiger charge is 2.41. The Morgan fingerprint density at radius 1 is 1.05 bits per heavy atom. The molecule has 3 fully saturated rings. The summed E-state index contributed by atoms with van der Waals surface area (Å²) in [5.74, 6) is 1.74. The number of hydrogen-bond donors (Lipinski definition) is 0. The van der Waals surface area contributed by atoms with Crippen LogP contribution in [0.25, 0.3) is 0 Å². The zero-order chi connectivity index (χ0) is 14.1. The number of fused-ring (bicyclic) bond motifs is 1. The molecule has 1 aromatic rings. The lowest BCUT2D eigenvalue weighted by Gasteiger charge is -2.32. The van der Waals surface area contributed by atoms with Crippen LogP contribution in [0, 0.1) is 11.8 Å². The molecule has 0 radical (unpaired) electrons. The van der Waals surface area contributed by atoms with Gasteiger partial charge in [0.1, 0.15) is 0 Å². The number of hydrogen-bond acceptors (Lipinski definition) is 4. The molecule has 21 heavy (non-hydrogen) atoms. The molecule has 4 rings (SSSR count). The minimum Gasteiger partial charge on any atom is -0.381 e. The number of likely N-dealkylation sites (tertiary alicyclic amines) is 2. The molecule has 2 atom stereocenters. The predicted octanol–water partition coefficient (Wildman–Crippen LogP) is 1.62. The van der Waals surface area contributed by atoms with E-state index < -0.39 is 0 Å². The van der Waals surface area contributed by atoms with Crippen molar-refractivity contribution in [3.63, 3.8) is 0 Å². The molecule has 0 aliphatic carbocycles. The van der Waals surface area contributed by atoms with Gasteiger partial charge in [0.2, 0.25) is 0 Å². The molecule has 114 valence electrons. The zero-order valence-electron chi connectivity index (χ0n) is 12.7. The zero-order valence-corrected chi connectivity index (χ0v) is 12.7. The van der Waals surface area contributed by atoms with Crippen LogP contribution in [0.3, 0.4) is 0 Å². The fourth-order valence-corrected chi connectivity index (χ4v) is 4.32. The minimum atomic E-state index is 0.786. The smallest absolute Gasteiger partial charge is 0.0543 e. The summed E-state index contributed by atoms with van der Waals surface area (Å²) in [5, 5.41) is 0. The van der Waals surface area contributed by atoms with E-state index >= 15 is 0 Å². The molecule has 0 bridgehead atoms. The van der Waals surface area contributed by atoms with Gasteiger partial charge in [0.25, 0.3) is 0 Å². The standard InChI is InChI=1S/C17H25N3O/c1-2-6-18-16(3-1)13-19-9-14-11-20(12-15(14)10-19)17-4-7-21-8-5-17/h1-3,6,14-15,17H,4-5,7-13H2/t14-,15+. The largest absolute Gasteiger partial charge is 0.381 e. The molecule has 0 saturated carbocycles. The number of pyridine rings is 1.